The smallest absolute Gasteiger partial charge is 0.306 e. The van der Waals surface area contributed by atoms with Crippen molar-refractivity contribution in [2.45, 2.75) is 12.8 Å². The Balaban J connectivity index is 1.17. The van der Waals surface area contributed by atoms with Crippen molar-refractivity contribution in [3.8, 4) is 11.5 Å². The second-order valence-electron chi connectivity index (χ2n) is 7.50. The van der Waals surface area contributed by atoms with Crippen molar-refractivity contribution >= 4 is 23.5 Å². The third kappa shape index (κ3) is 5.35. The molecule has 4 rings (SSSR count). The number of pyridine rings is 1. The van der Waals surface area contributed by atoms with Crippen molar-refractivity contribution in [1.82, 2.24) is 9.88 Å². The molecule has 1 aromatic heterocycles. The van der Waals surface area contributed by atoms with Gasteiger partial charge in [-0.25, -0.2) is 4.98 Å². The molecule has 9 nitrogen and oxygen atoms in total. The van der Waals surface area contributed by atoms with Gasteiger partial charge in [0, 0.05) is 44.4 Å². The molecule has 9 heteroatoms. The van der Waals surface area contributed by atoms with Gasteiger partial charge in [0.1, 0.15) is 19.0 Å². The molecule has 0 radical (unpaired) electrons. The number of carbonyl (C=O) groups is 3. The summed E-state index contributed by atoms with van der Waals surface area (Å²) in [6, 6.07) is 10.7. The van der Waals surface area contributed by atoms with Crippen LogP contribution in [0.1, 0.15) is 23.2 Å². The van der Waals surface area contributed by atoms with E-state index in [9.17, 15) is 14.4 Å². The fraction of sp³-hybridized carbons (Fsp3) is 0.391. The number of piperazine rings is 1. The number of carbonyl (C=O) groups excluding carboxylic acids is 3. The Morgan fingerprint density at radius 2 is 1.72 bits per heavy atom. The Morgan fingerprint density at radius 3 is 2.47 bits per heavy atom. The zero-order valence-corrected chi connectivity index (χ0v) is 17.7. The van der Waals surface area contributed by atoms with Gasteiger partial charge in [-0.05, 0) is 30.3 Å². The van der Waals surface area contributed by atoms with E-state index in [0.717, 1.165) is 5.82 Å². The van der Waals surface area contributed by atoms with Crippen LogP contribution in [-0.2, 0) is 14.3 Å². The highest BCUT2D eigenvalue weighted by Crippen LogP contribution is 2.31. The van der Waals surface area contributed by atoms with Crippen LogP contribution in [0, 0.1) is 0 Å². The molecule has 1 aromatic carbocycles. The number of aromatic nitrogens is 1. The first-order valence-corrected chi connectivity index (χ1v) is 10.6. The SMILES string of the molecule is O=C(CCC(=O)c1ccc2c(c1)OCCO2)OCC(=O)N1CCN(c2ccccn2)CC1. The van der Waals surface area contributed by atoms with Crippen LogP contribution in [0.3, 0.4) is 0 Å². The minimum atomic E-state index is -0.573. The minimum absolute atomic E-state index is 0.00455. The molecule has 1 saturated heterocycles. The van der Waals surface area contributed by atoms with Gasteiger partial charge in [0.25, 0.3) is 5.91 Å². The Labute approximate surface area is 185 Å². The summed E-state index contributed by atoms with van der Waals surface area (Å²) in [4.78, 5) is 44.9. The van der Waals surface area contributed by atoms with Crippen LogP contribution in [0.25, 0.3) is 0 Å². The zero-order valence-electron chi connectivity index (χ0n) is 17.7. The van der Waals surface area contributed by atoms with Gasteiger partial charge in [-0.3, -0.25) is 14.4 Å². The Kier molecular flexibility index (Phi) is 6.84. The Bertz CT molecular complexity index is 973. The maximum absolute atomic E-state index is 12.4. The van der Waals surface area contributed by atoms with Crippen molar-refractivity contribution in [1.29, 1.82) is 0 Å². The molecule has 2 aromatic rings. The average molecular weight is 439 g/mol. The highest BCUT2D eigenvalue weighted by atomic mass is 16.6. The quantitative estimate of drug-likeness (QED) is 0.475. The molecule has 0 atom stereocenters. The Morgan fingerprint density at radius 1 is 0.938 bits per heavy atom. The van der Waals surface area contributed by atoms with Gasteiger partial charge < -0.3 is 24.0 Å². The van der Waals surface area contributed by atoms with Crippen LogP contribution in [-0.4, -0.2) is 73.5 Å². The summed E-state index contributed by atoms with van der Waals surface area (Å²) >= 11 is 0. The number of nitrogens with zero attached hydrogens (tertiary/aromatic N) is 3. The molecule has 1 amide bonds. The lowest BCUT2D eigenvalue weighted by atomic mass is 10.1. The average Bonchev–Trinajstić information content (AvgIpc) is 2.86. The zero-order chi connectivity index (χ0) is 22.3. The summed E-state index contributed by atoms with van der Waals surface area (Å²) in [5.74, 6) is 1.00. The van der Waals surface area contributed by atoms with Crippen molar-refractivity contribution < 1.29 is 28.6 Å². The van der Waals surface area contributed by atoms with Crippen LogP contribution in [0.2, 0.25) is 0 Å². The molecule has 0 aliphatic carbocycles. The standard InChI is InChI=1S/C23H25N3O6/c27-18(17-4-6-19-20(15-17)31-14-13-30-19)5-7-23(29)32-16-22(28)26-11-9-25(10-12-26)21-3-1-2-8-24-21/h1-4,6,8,15H,5,7,9-14,16H2. The number of fused-ring (bicyclic) bond motifs is 1. The minimum Gasteiger partial charge on any atom is -0.486 e. The van der Waals surface area contributed by atoms with Crippen LogP contribution < -0.4 is 14.4 Å². The number of benzene rings is 1. The lowest BCUT2D eigenvalue weighted by Gasteiger charge is -2.35. The van der Waals surface area contributed by atoms with E-state index in [1.165, 1.54) is 0 Å². The van der Waals surface area contributed by atoms with Crippen LogP contribution >= 0.6 is 0 Å². The predicted octanol–water partition coefficient (Wildman–Crippen LogP) is 1.71. The number of esters is 1. The number of amides is 1. The third-order valence-corrected chi connectivity index (χ3v) is 5.38. The summed E-state index contributed by atoms with van der Waals surface area (Å²) in [7, 11) is 0. The second kappa shape index (κ2) is 10.1. The van der Waals surface area contributed by atoms with Gasteiger partial charge in [-0.2, -0.15) is 0 Å². The molecule has 1 fully saturated rings. The molecule has 32 heavy (non-hydrogen) atoms. The van der Waals surface area contributed by atoms with E-state index in [4.69, 9.17) is 14.2 Å². The molecule has 0 unspecified atom stereocenters. The number of ether oxygens (including phenoxy) is 3. The highest BCUT2D eigenvalue weighted by molar-refractivity contribution is 5.98. The van der Waals surface area contributed by atoms with E-state index in [2.05, 4.69) is 9.88 Å². The fourth-order valence-corrected chi connectivity index (χ4v) is 3.61. The summed E-state index contributed by atoms with van der Waals surface area (Å²) in [5.41, 5.74) is 0.448. The molecule has 2 aliphatic heterocycles. The van der Waals surface area contributed by atoms with Crippen LogP contribution in [0.15, 0.2) is 42.6 Å². The first-order valence-electron chi connectivity index (χ1n) is 10.6. The van der Waals surface area contributed by atoms with Gasteiger partial charge in [-0.1, -0.05) is 6.07 Å². The van der Waals surface area contributed by atoms with E-state index in [0.29, 0.717) is 56.5 Å². The topological polar surface area (TPSA) is 98.3 Å². The maximum atomic E-state index is 12.4. The number of anilines is 1. The monoisotopic (exact) mass is 439 g/mol. The summed E-state index contributed by atoms with van der Waals surface area (Å²) in [5, 5.41) is 0. The predicted molar refractivity (Wildman–Crippen MR) is 115 cm³/mol. The van der Waals surface area contributed by atoms with Gasteiger partial charge in [-0.15, -0.1) is 0 Å². The summed E-state index contributed by atoms with van der Waals surface area (Å²) in [6.07, 6.45) is 1.65. The maximum Gasteiger partial charge on any atom is 0.306 e. The number of ketones is 1. The fourth-order valence-electron chi connectivity index (χ4n) is 3.61. The van der Waals surface area contributed by atoms with E-state index >= 15 is 0 Å². The number of Topliss-reactive ketones (excluding diaryl/α,β-unsaturated/α-hetero) is 1. The van der Waals surface area contributed by atoms with Crippen molar-refractivity contribution in [3.05, 3.63) is 48.2 Å². The summed E-state index contributed by atoms with van der Waals surface area (Å²) in [6.45, 7) is 3.00. The van der Waals surface area contributed by atoms with Gasteiger partial charge in [0.15, 0.2) is 23.9 Å². The molecular weight excluding hydrogens is 414 g/mol. The van der Waals surface area contributed by atoms with Crippen LogP contribution in [0.5, 0.6) is 11.5 Å². The number of rotatable bonds is 7. The van der Waals surface area contributed by atoms with Crippen molar-refractivity contribution in [3.63, 3.8) is 0 Å². The lowest BCUT2D eigenvalue weighted by molar-refractivity contribution is -0.152. The number of hydrogen-bond donors (Lipinski definition) is 0. The van der Waals surface area contributed by atoms with Gasteiger partial charge in [0.2, 0.25) is 0 Å². The third-order valence-electron chi connectivity index (χ3n) is 5.38. The molecule has 0 N–H and O–H groups in total. The van der Waals surface area contributed by atoms with Crippen LogP contribution in [0.4, 0.5) is 5.82 Å². The molecular formula is C23H25N3O6. The molecule has 0 bridgehead atoms. The van der Waals surface area contributed by atoms with Crippen molar-refractivity contribution in [2.75, 3.05) is 50.9 Å². The summed E-state index contributed by atoms with van der Waals surface area (Å²) < 4.78 is 16.0. The molecule has 2 aliphatic rings. The van der Waals surface area contributed by atoms with Gasteiger partial charge in [0.05, 0.1) is 6.42 Å². The van der Waals surface area contributed by atoms with E-state index in [-0.39, 0.29) is 31.1 Å². The van der Waals surface area contributed by atoms with E-state index in [1.807, 2.05) is 18.2 Å². The van der Waals surface area contributed by atoms with Crippen molar-refractivity contribution in [2.24, 2.45) is 0 Å². The highest BCUT2D eigenvalue weighted by Gasteiger charge is 2.23. The molecule has 3 heterocycles. The first kappa shape index (κ1) is 21.6. The molecule has 0 spiro atoms. The first-order chi connectivity index (χ1) is 15.6. The number of hydrogen-bond acceptors (Lipinski definition) is 8. The van der Waals surface area contributed by atoms with E-state index < -0.39 is 5.97 Å². The largest absolute Gasteiger partial charge is 0.486 e. The normalized spacial score (nSPS) is 15.2. The molecule has 0 saturated carbocycles. The molecule has 168 valence electrons. The second-order valence-corrected chi connectivity index (χ2v) is 7.50. The van der Waals surface area contributed by atoms with Gasteiger partial charge >= 0.3 is 5.97 Å². The lowest BCUT2D eigenvalue weighted by Crippen LogP contribution is -2.50. The Hall–Kier alpha value is -3.62. The van der Waals surface area contributed by atoms with E-state index in [1.54, 1.807) is 29.3 Å².